The minimum atomic E-state index is -0.575. The molecule has 3 aromatic rings. The molecule has 194 valence electrons. The van der Waals surface area contributed by atoms with E-state index in [2.05, 4.69) is 16.0 Å². The van der Waals surface area contributed by atoms with Crippen LogP contribution in [-0.4, -0.2) is 35.6 Å². The lowest BCUT2D eigenvalue weighted by atomic mass is 10.1. The lowest BCUT2D eigenvalue weighted by molar-refractivity contribution is -0.119. The predicted octanol–water partition coefficient (Wildman–Crippen LogP) is 3.49. The first-order valence-corrected chi connectivity index (χ1v) is 12.3. The molecule has 1 atom stereocenters. The summed E-state index contributed by atoms with van der Waals surface area (Å²) in [6.07, 6.45) is 0.834. The Labute approximate surface area is 212 Å². The van der Waals surface area contributed by atoms with Crippen molar-refractivity contribution in [1.29, 1.82) is 0 Å². The van der Waals surface area contributed by atoms with Crippen molar-refractivity contribution in [3.8, 4) is 11.5 Å². The molecule has 2 aromatic carbocycles. The number of hydrogen-bond donors (Lipinski definition) is 4. The molecule has 3 rings (SSSR count). The second-order valence-corrected chi connectivity index (χ2v) is 7.95. The number of carbonyl (C=O) groups excluding carboxylic acids is 2. The van der Waals surface area contributed by atoms with Gasteiger partial charge in [0, 0.05) is 37.8 Å². The Morgan fingerprint density at radius 1 is 1.00 bits per heavy atom. The van der Waals surface area contributed by atoms with Crippen LogP contribution in [-0.2, 0) is 17.9 Å². The molecule has 0 fully saturated rings. The average molecular weight is 496 g/mol. The fraction of sp³-hybridized carbons (Fsp3) is 0.370. The molecule has 5 N–H and O–H groups in total. The van der Waals surface area contributed by atoms with Gasteiger partial charge in [-0.3, -0.25) is 9.59 Å². The molecule has 9 nitrogen and oxygen atoms in total. The van der Waals surface area contributed by atoms with Crippen LogP contribution in [0.2, 0.25) is 0 Å². The largest absolute Gasteiger partial charge is 0.457 e. The molecular weight excluding hydrogens is 458 g/mol. The van der Waals surface area contributed by atoms with Crippen LogP contribution in [0.5, 0.6) is 11.5 Å². The molecule has 0 saturated carbocycles. The molecule has 0 spiro atoms. The van der Waals surface area contributed by atoms with Crippen molar-refractivity contribution in [2.45, 2.75) is 53.2 Å². The molecular formula is C27H37N5O4. The van der Waals surface area contributed by atoms with Gasteiger partial charge in [0.15, 0.2) is 0 Å². The van der Waals surface area contributed by atoms with Crippen LogP contribution < -0.4 is 32.0 Å². The zero-order valence-corrected chi connectivity index (χ0v) is 21.5. The van der Waals surface area contributed by atoms with Gasteiger partial charge in [0.25, 0.3) is 5.56 Å². The third kappa shape index (κ3) is 8.13. The van der Waals surface area contributed by atoms with Crippen molar-refractivity contribution in [3.05, 3.63) is 70.5 Å². The first-order chi connectivity index (χ1) is 17.4. The maximum absolute atomic E-state index is 13.3. The summed E-state index contributed by atoms with van der Waals surface area (Å²) < 4.78 is 7.56. The number of nitrogens with zero attached hydrogens (tertiary/aromatic N) is 1. The van der Waals surface area contributed by atoms with E-state index in [1.54, 1.807) is 17.6 Å². The van der Waals surface area contributed by atoms with Gasteiger partial charge >= 0.3 is 6.03 Å². The highest BCUT2D eigenvalue weighted by atomic mass is 16.5. The molecule has 3 amide bonds. The molecule has 0 radical (unpaired) electrons. The number of benzene rings is 2. The van der Waals surface area contributed by atoms with Crippen molar-refractivity contribution < 1.29 is 14.3 Å². The Morgan fingerprint density at radius 2 is 1.69 bits per heavy atom. The zero-order valence-electron chi connectivity index (χ0n) is 21.5. The topological polar surface area (TPSA) is 127 Å². The van der Waals surface area contributed by atoms with Gasteiger partial charge in [-0.05, 0) is 49.1 Å². The van der Waals surface area contributed by atoms with E-state index in [0.717, 1.165) is 11.8 Å². The third-order valence-electron chi connectivity index (χ3n) is 5.30. The average Bonchev–Trinajstić information content (AvgIpc) is 2.89. The molecule has 1 unspecified atom stereocenters. The second-order valence-electron chi connectivity index (χ2n) is 7.95. The number of amides is 3. The van der Waals surface area contributed by atoms with Gasteiger partial charge in [0.05, 0.1) is 11.6 Å². The third-order valence-corrected chi connectivity index (χ3v) is 5.30. The lowest BCUT2D eigenvalue weighted by Gasteiger charge is -2.16. The molecule has 0 aliphatic carbocycles. The van der Waals surface area contributed by atoms with Gasteiger partial charge in [-0.25, -0.2) is 4.79 Å². The summed E-state index contributed by atoms with van der Waals surface area (Å²) in [4.78, 5) is 36.6. The molecule has 1 aromatic heterocycles. The van der Waals surface area contributed by atoms with E-state index >= 15 is 0 Å². The van der Waals surface area contributed by atoms with E-state index in [1.165, 1.54) is 0 Å². The summed E-state index contributed by atoms with van der Waals surface area (Å²) >= 11 is 0. The molecule has 0 bridgehead atoms. The van der Waals surface area contributed by atoms with Gasteiger partial charge in [-0.2, -0.15) is 0 Å². The van der Waals surface area contributed by atoms with Crippen molar-refractivity contribution in [3.63, 3.8) is 0 Å². The number of para-hydroxylation sites is 1. The predicted molar refractivity (Wildman–Crippen MR) is 143 cm³/mol. The summed E-state index contributed by atoms with van der Waals surface area (Å²) in [7, 11) is 0. The van der Waals surface area contributed by atoms with Gasteiger partial charge in [0.2, 0.25) is 5.91 Å². The normalized spacial score (nSPS) is 11.2. The van der Waals surface area contributed by atoms with Crippen molar-refractivity contribution in [2.75, 3.05) is 13.1 Å². The minimum Gasteiger partial charge on any atom is -0.457 e. The Kier molecular flexibility index (Phi) is 11.5. The van der Waals surface area contributed by atoms with Crippen molar-refractivity contribution in [2.24, 2.45) is 5.73 Å². The van der Waals surface area contributed by atoms with Crippen molar-refractivity contribution >= 4 is 22.8 Å². The maximum Gasteiger partial charge on any atom is 0.314 e. The number of fused-ring (bicyclic) bond motifs is 1. The maximum atomic E-state index is 13.3. The molecule has 0 aliphatic rings. The number of nitrogens with two attached hydrogens (primary N) is 1. The Hall–Kier alpha value is -3.85. The SMILES string of the molecule is CC.CCCNC(=O)NCCn1c(=O)c(CNC(C)C(N)=O)cc2ccc(Oc3ccccc3)cc21. The number of nitrogens with one attached hydrogen (secondary N) is 3. The molecule has 0 saturated heterocycles. The number of rotatable bonds is 11. The first kappa shape index (κ1) is 28.4. The van der Waals surface area contributed by atoms with Crippen LogP contribution >= 0.6 is 0 Å². The van der Waals surface area contributed by atoms with Gasteiger partial charge < -0.3 is 31.0 Å². The Bertz CT molecular complexity index is 1190. The number of primary amides is 1. The van der Waals surface area contributed by atoms with E-state index in [0.29, 0.717) is 29.1 Å². The second kappa shape index (κ2) is 14.5. The summed E-state index contributed by atoms with van der Waals surface area (Å²) in [6, 6.07) is 15.8. The number of urea groups is 1. The fourth-order valence-electron chi connectivity index (χ4n) is 3.39. The van der Waals surface area contributed by atoms with E-state index < -0.39 is 11.9 Å². The summed E-state index contributed by atoms with van der Waals surface area (Å²) in [5, 5.41) is 9.34. The number of carbonyl (C=O) groups is 2. The van der Waals surface area contributed by atoms with Gasteiger partial charge in [-0.1, -0.05) is 39.0 Å². The standard InChI is InChI=1S/C25H31N5O4.C2H6/c1-3-11-27-25(33)28-12-13-30-22-15-21(34-20-7-5-4-6-8-20)10-9-18(22)14-19(24(30)32)16-29-17(2)23(26)31;1-2/h4-10,14-15,17,29H,3,11-13,16H2,1-2H3,(H2,26,31)(H2,27,28,33);1-2H3. The highest BCUT2D eigenvalue weighted by molar-refractivity contribution is 5.82. The monoisotopic (exact) mass is 495 g/mol. The van der Waals surface area contributed by atoms with Crippen molar-refractivity contribution in [1.82, 2.24) is 20.5 Å². The Balaban J connectivity index is 0.00000222. The van der Waals surface area contributed by atoms with Crippen LogP contribution in [0.15, 0.2) is 59.4 Å². The molecule has 1 heterocycles. The highest BCUT2D eigenvalue weighted by Gasteiger charge is 2.14. The minimum absolute atomic E-state index is 0.186. The number of aromatic nitrogens is 1. The van der Waals surface area contributed by atoms with E-state index in [1.807, 2.05) is 69.3 Å². The van der Waals surface area contributed by atoms with E-state index in [9.17, 15) is 14.4 Å². The lowest BCUT2D eigenvalue weighted by Crippen LogP contribution is -2.41. The smallest absolute Gasteiger partial charge is 0.314 e. The molecule has 0 aliphatic heterocycles. The van der Waals surface area contributed by atoms with Crippen LogP contribution in [0, 0.1) is 0 Å². The summed E-state index contributed by atoms with van der Waals surface area (Å²) in [6.45, 7) is 8.92. The van der Waals surface area contributed by atoms with Gasteiger partial charge in [0.1, 0.15) is 11.5 Å². The molecule has 9 heteroatoms. The van der Waals surface area contributed by atoms with Crippen LogP contribution in [0.25, 0.3) is 10.9 Å². The van der Waals surface area contributed by atoms with E-state index in [-0.39, 0.29) is 31.2 Å². The number of pyridine rings is 1. The quantitative estimate of drug-likeness (QED) is 0.324. The molecule has 36 heavy (non-hydrogen) atoms. The first-order valence-electron chi connectivity index (χ1n) is 12.3. The van der Waals surface area contributed by atoms with Gasteiger partial charge in [-0.15, -0.1) is 0 Å². The number of hydrogen-bond acceptors (Lipinski definition) is 5. The van der Waals surface area contributed by atoms with Crippen LogP contribution in [0.4, 0.5) is 4.79 Å². The summed E-state index contributed by atoms with van der Waals surface area (Å²) in [5.41, 5.74) is 6.28. The fourth-order valence-corrected chi connectivity index (χ4v) is 3.39. The van der Waals surface area contributed by atoms with E-state index in [4.69, 9.17) is 10.5 Å². The highest BCUT2D eigenvalue weighted by Crippen LogP contribution is 2.25. The van der Waals surface area contributed by atoms with Crippen LogP contribution in [0.3, 0.4) is 0 Å². The van der Waals surface area contributed by atoms with Crippen LogP contribution in [0.1, 0.15) is 39.7 Å². The Morgan fingerprint density at radius 3 is 2.36 bits per heavy atom. The summed E-state index contributed by atoms with van der Waals surface area (Å²) in [5.74, 6) is 0.783. The zero-order chi connectivity index (χ0) is 26.5. The number of ether oxygens (including phenoxy) is 1.